The Morgan fingerprint density at radius 3 is 2.48 bits per heavy atom. The van der Waals surface area contributed by atoms with Gasteiger partial charge in [0.2, 0.25) is 0 Å². The molecule has 0 aliphatic rings. The Labute approximate surface area is 143 Å². The first-order valence-electron chi connectivity index (χ1n) is 9.01. The van der Waals surface area contributed by atoms with Crippen LogP contribution in [0, 0.1) is 0 Å². The highest BCUT2D eigenvalue weighted by Crippen LogP contribution is 1.99. The zero-order chi connectivity index (χ0) is 17.3. The first-order valence-corrected chi connectivity index (χ1v) is 9.01. The van der Waals surface area contributed by atoms with E-state index in [-0.39, 0.29) is 0 Å². The molecule has 0 bridgehead atoms. The fourth-order valence-electron chi connectivity index (χ4n) is 2.25. The van der Waals surface area contributed by atoms with Crippen LogP contribution in [-0.2, 0) is 9.47 Å². The molecule has 0 saturated carbocycles. The van der Waals surface area contributed by atoms with E-state index in [0.29, 0.717) is 32.4 Å². The van der Waals surface area contributed by atoms with Crippen LogP contribution in [0.5, 0.6) is 0 Å². The van der Waals surface area contributed by atoms with Gasteiger partial charge in [0.15, 0.2) is 5.96 Å². The van der Waals surface area contributed by atoms with Crippen molar-refractivity contribution in [1.29, 1.82) is 0 Å². The molecule has 0 amide bonds. The summed E-state index contributed by atoms with van der Waals surface area (Å²) in [6.45, 7) is 15.6. The largest absolute Gasteiger partial charge is 0.382 e. The van der Waals surface area contributed by atoms with Crippen LogP contribution in [0.1, 0.15) is 40.5 Å². The van der Waals surface area contributed by atoms with Gasteiger partial charge >= 0.3 is 0 Å². The average Bonchev–Trinajstić information content (AvgIpc) is 2.55. The minimum absolute atomic E-state index is 0.415. The fourth-order valence-corrected chi connectivity index (χ4v) is 2.25. The molecule has 0 radical (unpaired) electrons. The molecule has 0 rings (SSSR count). The molecule has 0 saturated heterocycles. The van der Waals surface area contributed by atoms with Gasteiger partial charge < -0.3 is 25.0 Å². The molecule has 0 aromatic heterocycles. The Morgan fingerprint density at radius 1 is 1.13 bits per heavy atom. The maximum absolute atomic E-state index is 5.43. The molecule has 1 atom stereocenters. The van der Waals surface area contributed by atoms with Crippen molar-refractivity contribution in [2.75, 3.05) is 59.7 Å². The van der Waals surface area contributed by atoms with E-state index in [1.54, 1.807) is 7.11 Å². The SMILES string of the molecule is CCNC(=NCCOCCOC)NC(C)CCCN(CC)CC. The van der Waals surface area contributed by atoms with Crippen LogP contribution in [0.25, 0.3) is 0 Å². The monoisotopic (exact) mass is 330 g/mol. The predicted molar refractivity (Wildman–Crippen MR) is 98.3 cm³/mol. The van der Waals surface area contributed by atoms with Gasteiger partial charge in [-0.15, -0.1) is 0 Å². The third-order valence-corrected chi connectivity index (χ3v) is 3.67. The van der Waals surface area contributed by atoms with Gasteiger partial charge in [0, 0.05) is 19.7 Å². The average molecular weight is 331 g/mol. The number of methoxy groups -OCH3 is 1. The van der Waals surface area contributed by atoms with E-state index in [1.165, 1.54) is 13.0 Å². The lowest BCUT2D eigenvalue weighted by Gasteiger charge is -2.21. The van der Waals surface area contributed by atoms with Gasteiger partial charge in [0.05, 0.1) is 26.4 Å². The maximum atomic E-state index is 5.43. The summed E-state index contributed by atoms with van der Waals surface area (Å²) in [6.07, 6.45) is 2.35. The van der Waals surface area contributed by atoms with E-state index < -0.39 is 0 Å². The molecule has 0 heterocycles. The van der Waals surface area contributed by atoms with Crippen molar-refractivity contribution in [3.05, 3.63) is 0 Å². The second-order valence-electron chi connectivity index (χ2n) is 5.58. The van der Waals surface area contributed by atoms with E-state index in [4.69, 9.17) is 9.47 Å². The molecule has 23 heavy (non-hydrogen) atoms. The number of aliphatic imine (C=N–C) groups is 1. The van der Waals surface area contributed by atoms with Crippen molar-refractivity contribution in [3.63, 3.8) is 0 Å². The number of hydrogen-bond acceptors (Lipinski definition) is 4. The molecule has 138 valence electrons. The van der Waals surface area contributed by atoms with Gasteiger partial charge in [0.25, 0.3) is 0 Å². The lowest BCUT2D eigenvalue weighted by molar-refractivity contribution is 0.0748. The van der Waals surface area contributed by atoms with Crippen LogP contribution in [0.3, 0.4) is 0 Å². The van der Waals surface area contributed by atoms with E-state index in [9.17, 15) is 0 Å². The smallest absolute Gasteiger partial charge is 0.191 e. The van der Waals surface area contributed by atoms with Crippen molar-refractivity contribution < 1.29 is 9.47 Å². The second-order valence-corrected chi connectivity index (χ2v) is 5.58. The van der Waals surface area contributed by atoms with E-state index >= 15 is 0 Å². The van der Waals surface area contributed by atoms with Gasteiger partial charge in [-0.1, -0.05) is 13.8 Å². The van der Waals surface area contributed by atoms with Crippen molar-refractivity contribution in [2.24, 2.45) is 4.99 Å². The maximum Gasteiger partial charge on any atom is 0.191 e. The number of nitrogens with one attached hydrogen (secondary N) is 2. The molecule has 0 aliphatic carbocycles. The standard InChI is InChI=1S/C17H38N4O2/c1-6-18-17(19-11-13-23-15-14-22-5)20-16(4)10-9-12-21(7-2)8-3/h16H,6-15H2,1-5H3,(H2,18,19,20). The molecular formula is C17H38N4O2. The topological polar surface area (TPSA) is 58.1 Å². The Morgan fingerprint density at radius 2 is 1.87 bits per heavy atom. The van der Waals surface area contributed by atoms with E-state index in [2.05, 4.69) is 48.2 Å². The van der Waals surface area contributed by atoms with Crippen LogP contribution >= 0.6 is 0 Å². The molecule has 6 heteroatoms. The number of nitrogens with zero attached hydrogens (tertiary/aromatic N) is 2. The van der Waals surface area contributed by atoms with Crippen LogP contribution in [0.15, 0.2) is 4.99 Å². The van der Waals surface area contributed by atoms with Gasteiger partial charge in [-0.2, -0.15) is 0 Å². The van der Waals surface area contributed by atoms with Crippen LogP contribution in [-0.4, -0.2) is 76.6 Å². The molecule has 0 aromatic carbocycles. The van der Waals surface area contributed by atoms with Crippen molar-refractivity contribution in [2.45, 2.75) is 46.6 Å². The third-order valence-electron chi connectivity index (χ3n) is 3.67. The molecule has 0 aliphatic heterocycles. The van der Waals surface area contributed by atoms with E-state index in [1.807, 2.05) is 0 Å². The number of hydrogen-bond donors (Lipinski definition) is 2. The summed E-state index contributed by atoms with van der Waals surface area (Å²) in [6, 6.07) is 0.415. The molecule has 6 nitrogen and oxygen atoms in total. The first-order chi connectivity index (χ1) is 11.2. The van der Waals surface area contributed by atoms with Crippen LogP contribution in [0.4, 0.5) is 0 Å². The minimum Gasteiger partial charge on any atom is -0.382 e. The lowest BCUT2D eigenvalue weighted by atomic mass is 10.2. The van der Waals surface area contributed by atoms with Crippen LogP contribution < -0.4 is 10.6 Å². The highest BCUT2D eigenvalue weighted by atomic mass is 16.5. The molecule has 2 N–H and O–H groups in total. The Kier molecular flexibility index (Phi) is 15.4. The fraction of sp³-hybridized carbons (Fsp3) is 0.941. The molecule has 0 fully saturated rings. The summed E-state index contributed by atoms with van der Waals surface area (Å²) in [5, 5.41) is 6.76. The van der Waals surface area contributed by atoms with Crippen molar-refractivity contribution in [1.82, 2.24) is 15.5 Å². The molecular weight excluding hydrogens is 292 g/mol. The van der Waals surface area contributed by atoms with Crippen LogP contribution in [0.2, 0.25) is 0 Å². The van der Waals surface area contributed by atoms with Gasteiger partial charge in [0.1, 0.15) is 0 Å². The quantitative estimate of drug-likeness (QED) is 0.288. The van der Waals surface area contributed by atoms with Gasteiger partial charge in [-0.05, 0) is 46.3 Å². The summed E-state index contributed by atoms with van der Waals surface area (Å²) < 4.78 is 10.4. The number of rotatable bonds is 14. The lowest BCUT2D eigenvalue weighted by Crippen LogP contribution is -2.42. The summed E-state index contributed by atoms with van der Waals surface area (Å²) in [5.41, 5.74) is 0. The van der Waals surface area contributed by atoms with Gasteiger partial charge in [-0.25, -0.2) is 0 Å². The summed E-state index contributed by atoms with van der Waals surface area (Å²) in [7, 11) is 1.68. The predicted octanol–water partition coefficient (Wildman–Crippen LogP) is 1.72. The summed E-state index contributed by atoms with van der Waals surface area (Å²) in [5.74, 6) is 0.873. The molecule has 1 unspecified atom stereocenters. The van der Waals surface area contributed by atoms with Crippen molar-refractivity contribution >= 4 is 5.96 Å². The Hall–Kier alpha value is -0.850. The highest BCUT2D eigenvalue weighted by molar-refractivity contribution is 5.80. The number of ether oxygens (including phenoxy) is 2. The zero-order valence-corrected chi connectivity index (χ0v) is 15.9. The summed E-state index contributed by atoms with van der Waals surface area (Å²) >= 11 is 0. The third kappa shape index (κ3) is 13.3. The second kappa shape index (κ2) is 16.0. The Balaban J connectivity index is 3.98. The molecule has 0 aromatic rings. The molecule has 0 spiro atoms. The Bertz CT molecular complexity index is 284. The van der Waals surface area contributed by atoms with Crippen molar-refractivity contribution in [3.8, 4) is 0 Å². The zero-order valence-electron chi connectivity index (χ0n) is 15.9. The minimum atomic E-state index is 0.415. The van der Waals surface area contributed by atoms with E-state index in [0.717, 1.165) is 32.0 Å². The normalized spacial score (nSPS) is 13.4. The number of guanidine groups is 1. The van der Waals surface area contributed by atoms with Gasteiger partial charge in [-0.3, -0.25) is 4.99 Å². The summed E-state index contributed by atoms with van der Waals surface area (Å²) in [4.78, 5) is 7.01. The first kappa shape index (κ1) is 22.1. The highest BCUT2D eigenvalue weighted by Gasteiger charge is 2.06.